The van der Waals surface area contributed by atoms with Crippen LogP contribution in [0.4, 0.5) is 0 Å². The molecule has 0 heterocycles. The van der Waals surface area contributed by atoms with Crippen molar-refractivity contribution in [2.75, 3.05) is 0 Å². The van der Waals surface area contributed by atoms with E-state index in [1.165, 1.54) is 0 Å². The Kier molecular flexibility index (Phi) is 12.2. The zero-order chi connectivity index (χ0) is 8.31. The van der Waals surface area contributed by atoms with Crippen molar-refractivity contribution in [3.05, 3.63) is 0 Å². The summed E-state index contributed by atoms with van der Waals surface area (Å²) < 4.78 is 0. The van der Waals surface area contributed by atoms with E-state index in [9.17, 15) is 9.59 Å². The summed E-state index contributed by atoms with van der Waals surface area (Å²) in [5, 5.41) is 32.5. The van der Waals surface area contributed by atoms with Crippen LogP contribution >= 0.6 is 0 Å². The molecular formula is C4H10AlNaO6. The predicted molar refractivity (Wildman–Crippen MR) is 44.4 cm³/mol. The second-order valence-corrected chi connectivity index (χ2v) is 1.57. The quantitative estimate of drug-likeness (QED) is 0.349. The molecule has 0 aromatic heterocycles. The summed E-state index contributed by atoms with van der Waals surface area (Å²) in [4.78, 5) is 19.5. The minimum atomic E-state index is -2.27. The number of carboxylic acid groups (broad SMARTS) is 2. The molecule has 0 amide bonds. The van der Waals surface area contributed by atoms with Gasteiger partial charge in [0.15, 0.2) is 29.6 Å². The van der Waals surface area contributed by atoms with Crippen molar-refractivity contribution in [3.8, 4) is 0 Å². The van der Waals surface area contributed by atoms with Gasteiger partial charge in [-0.15, -0.1) is 0 Å². The fourth-order valence-corrected chi connectivity index (χ4v) is 0.270. The van der Waals surface area contributed by atoms with Crippen molar-refractivity contribution in [1.82, 2.24) is 0 Å². The molecule has 66 valence electrons. The van der Waals surface area contributed by atoms with Crippen LogP contribution in [0.25, 0.3) is 0 Å². The Morgan fingerprint density at radius 3 is 1.17 bits per heavy atom. The van der Waals surface area contributed by atoms with Gasteiger partial charge in [-0.05, 0) is 0 Å². The monoisotopic (exact) mass is 204 g/mol. The van der Waals surface area contributed by atoms with Gasteiger partial charge in [0.05, 0.1) is 0 Å². The summed E-state index contributed by atoms with van der Waals surface area (Å²) in [6.07, 6.45) is -4.53. The second-order valence-electron chi connectivity index (χ2n) is 1.57. The van der Waals surface area contributed by atoms with Crippen LogP contribution in [0.1, 0.15) is 0 Å². The third-order valence-corrected chi connectivity index (χ3v) is 0.805. The maximum absolute atomic E-state index is 9.77. The van der Waals surface area contributed by atoms with Crippen molar-refractivity contribution in [2.45, 2.75) is 12.2 Å². The Morgan fingerprint density at radius 1 is 0.917 bits per heavy atom. The average molecular weight is 204 g/mol. The Hall–Kier alpha value is 0.392. The fraction of sp³-hybridized carbons (Fsp3) is 0.500. The van der Waals surface area contributed by atoms with E-state index < -0.39 is 24.1 Å². The van der Waals surface area contributed by atoms with E-state index in [4.69, 9.17) is 20.4 Å². The van der Waals surface area contributed by atoms with Gasteiger partial charge in [-0.1, -0.05) is 0 Å². The van der Waals surface area contributed by atoms with Gasteiger partial charge >= 0.3 is 41.5 Å². The SMILES string of the molecule is O=C(O)C(O)C(O)C(=O)O.[AlH3].[NaH]. The van der Waals surface area contributed by atoms with Crippen LogP contribution in [-0.2, 0) is 9.59 Å². The number of aliphatic carboxylic acids is 2. The Labute approximate surface area is 101 Å². The molecule has 0 aromatic rings. The molecule has 0 spiro atoms. The van der Waals surface area contributed by atoms with Crippen molar-refractivity contribution in [3.63, 3.8) is 0 Å². The van der Waals surface area contributed by atoms with E-state index in [0.29, 0.717) is 0 Å². The fourth-order valence-electron chi connectivity index (χ4n) is 0.270. The minimum absolute atomic E-state index is 0. The van der Waals surface area contributed by atoms with Gasteiger partial charge in [-0.25, -0.2) is 9.59 Å². The van der Waals surface area contributed by atoms with Gasteiger partial charge in [0, 0.05) is 0 Å². The first-order chi connectivity index (χ1) is 4.46. The van der Waals surface area contributed by atoms with Crippen molar-refractivity contribution >= 4 is 58.9 Å². The molecule has 12 heavy (non-hydrogen) atoms. The van der Waals surface area contributed by atoms with E-state index in [2.05, 4.69) is 0 Å². The first kappa shape index (κ1) is 18.2. The van der Waals surface area contributed by atoms with Crippen LogP contribution in [0.15, 0.2) is 0 Å². The molecule has 0 saturated heterocycles. The Balaban J connectivity index is -0.000000405. The second kappa shape index (κ2) is 8.01. The molecule has 6 nitrogen and oxygen atoms in total. The van der Waals surface area contributed by atoms with Gasteiger partial charge in [-0.3, -0.25) is 0 Å². The molecule has 2 unspecified atom stereocenters. The zero-order valence-electron chi connectivity index (χ0n) is 4.76. The predicted octanol–water partition coefficient (Wildman–Crippen LogP) is -3.95. The van der Waals surface area contributed by atoms with Gasteiger partial charge < -0.3 is 20.4 Å². The third kappa shape index (κ3) is 5.97. The first-order valence-corrected chi connectivity index (χ1v) is 2.28. The summed E-state index contributed by atoms with van der Waals surface area (Å²) in [6, 6.07) is 0. The molecule has 0 aliphatic carbocycles. The number of aliphatic hydroxyl groups is 2. The molecule has 0 aromatic carbocycles. The molecule has 0 rings (SSSR count). The molecule has 0 saturated carbocycles. The van der Waals surface area contributed by atoms with Crippen LogP contribution < -0.4 is 0 Å². The van der Waals surface area contributed by atoms with Crippen molar-refractivity contribution < 1.29 is 30.0 Å². The first-order valence-electron chi connectivity index (χ1n) is 2.28. The number of rotatable bonds is 3. The van der Waals surface area contributed by atoms with E-state index in [0.717, 1.165) is 0 Å². The van der Waals surface area contributed by atoms with Crippen LogP contribution in [0.3, 0.4) is 0 Å². The van der Waals surface area contributed by atoms with Crippen LogP contribution in [-0.4, -0.2) is 91.5 Å². The Morgan fingerprint density at radius 2 is 1.08 bits per heavy atom. The molecule has 0 fully saturated rings. The van der Waals surface area contributed by atoms with E-state index >= 15 is 0 Å². The Bertz CT molecular complexity index is 144. The molecule has 2 atom stereocenters. The molecule has 0 aliphatic heterocycles. The van der Waals surface area contributed by atoms with E-state index in [1.807, 2.05) is 0 Å². The van der Waals surface area contributed by atoms with E-state index in [1.54, 1.807) is 0 Å². The van der Waals surface area contributed by atoms with Gasteiger partial charge in [0.25, 0.3) is 0 Å². The van der Waals surface area contributed by atoms with Gasteiger partial charge in [0.2, 0.25) is 0 Å². The molecule has 0 radical (unpaired) electrons. The summed E-state index contributed by atoms with van der Waals surface area (Å²) in [7, 11) is 0. The van der Waals surface area contributed by atoms with Crippen molar-refractivity contribution in [2.24, 2.45) is 0 Å². The summed E-state index contributed by atoms with van der Waals surface area (Å²) in [5.41, 5.74) is 0. The van der Waals surface area contributed by atoms with E-state index in [-0.39, 0.29) is 46.9 Å². The molecule has 4 N–H and O–H groups in total. The molecule has 0 bridgehead atoms. The van der Waals surface area contributed by atoms with Gasteiger partial charge in [0.1, 0.15) is 0 Å². The normalized spacial score (nSPS) is 13.2. The topological polar surface area (TPSA) is 115 Å². The average Bonchev–Trinajstić information content (AvgIpc) is 1.84. The van der Waals surface area contributed by atoms with Crippen molar-refractivity contribution in [1.29, 1.82) is 0 Å². The van der Waals surface area contributed by atoms with Crippen LogP contribution in [0.2, 0.25) is 0 Å². The number of aliphatic hydroxyl groups excluding tert-OH is 2. The maximum atomic E-state index is 9.77. The molecule has 0 aliphatic rings. The number of carboxylic acids is 2. The zero-order valence-corrected chi connectivity index (χ0v) is 4.76. The summed E-state index contributed by atoms with van der Waals surface area (Å²) >= 11 is 0. The van der Waals surface area contributed by atoms with Crippen LogP contribution in [0, 0.1) is 0 Å². The molecule has 8 heteroatoms. The van der Waals surface area contributed by atoms with Crippen LogP contribution in [0.5, 0.6) is 0 Å². The number of hydrogen-bond acceptors (Lipinski definition) is 4. The van der Waals surface area contributed by atoms with Gasteiger partial charge in [-0.2, -0.15) is 0 Å². The number of carbonyl (C=O) groups is 2. The third-order valence-electron chi connectivity index (χ3n) is 0.805. The summed E-state index contributed by atoms with van der Waals surface area (Å²) in [6.45, 7) is 0. The molecular weight excluding hydrogens is 194 g/mol. The standard InChI is InChI=1S/C4H6O6.Al.Na.4H/c5-1(3(7)8)2(6)4(9)10;;;;;;/h1-2,5-6H,(H,7,8)(H,9,10);;;;;;. The number of hydrogen-bond donors (Lipinski definition) is 4. The summed E-state index contributed by atoms with van der Waals surface area (Å²) in [5.74, 6) is -3.54.